The number of hydrogen-bond donors (Lipinski definition) is 3. The Morgan fingerprint density at radius 2 is 2.00 bits per heavy atom. The summed E-state index contributed by atoms with van der Waals surface area (Å²) in [4.78, 5) is 11.7. The van der Waals surface area contributed by atoms with Crippen molar-refractivity contribution in [1.29, 1.82) is 0 Å². The van der Waals surface area contributed by atoms with Crippen molar-refractivity contribution in [2.24, 2.45) is 0 Å². The lowest BCUT2D eigenvalue weighted by atomic mass is 10.1. The van der Waals surface area contributed by atoms with E-state index < -0.39 is 0 Å². The lowest BCUT2D eigenvalue weighted by Crippen LogP contribution is -2.50. The van der Waals surface area contributed by atoms with Crippen LogP contribution in [0.4, 0.5) is 5.95 Å². The molecule has 0 aliphatic carbocycles. The smallest absolute Gasteiger partial charge is 0.223 e. The van der Waals surface area contributed by atoms with Crippen LogP contribution in [-0.2, 0) is 13.0 Å². The highest BCUT2D eigenvalue weighted by Crippen LogP contribution is 2.21. The lowest BCUT2D eigenvalue weighted by molar-refractivity contribution is 0.149. The van der Waals surface area contributed by atoms with Gasteiger partial charge in [-0.1, -0.05) is 37.3 Å². The molecule has 0 amide bonds. The molecule has 1 unspecified atom stereocenters. The van der Waals surface area contributed by atoms with Crippen molar-refractivity contribution >= 4 is 5.95 Å². The Labute approximate surface area is 184 Å². The van der Waals surface area contributed by atoms with Gasteiger partial charge in [-0.3, -0.25) is 4.90 Å². The SMILES string of the molecule is CCC1CNCCN1Cc1cccc(-c2ccnc(NCCc3ccc(O)cc3)n2)c1. The van der Waals surface area contributed by atoms with Crippen LogP contribution in [0.2, 0.25) is 0 Å². The summed E-state index contributed by atoms with van der Waals surface area (Å²) in [6, 6.07) is 18.5. The molecule has 1 aliphatic rings. The van der Waals surface area contributed by atoms with E-state index in [-0.39, 0.29) is 5.75 Å². The average Bonchev–Trinajstić information content (AvgIpc) is 2.81. The zero-order chi connectivity index (χ0) is 21.5. The van der Waals surface area contributed by atoms with Crippen LogP contribution in [0.15, 0.2) is 60.8 Å². The van der Waals surface area contributed by atoms with Crippen molar-refractivity contribution in [2.75, 3.05) is 31.5 Å². The third-order valence-corrected chi connectivity index (χ3v) is 5.84. The molecule has 6 nitrogen and oxygen atoms in total. The summed E-state index contributed by atoms with van der Waals surface area (Å²) in [7, 11) is 0. The number of phenols is 1. The van der Waals surface area contributed by atoms with Crippen molar-refractivity contribution in [3.8, 4) is 17.0 Å². The fourth-order valence-corrected chi connectivity index (χ4v) is 4.06. The molecule has 0 bridgehead atoms. The quantitative estimate of drug-likeness (QED) is 0.519. The van der Waals surface area contributed by atoms with Crippen molar-refractivity contribution in [2.45, 2.75) is 32.4 Å². The van der Waals surface area contributed by atoms with Crippen LogP contribution in [0.1, 0.15) is 24.5 Å². The van der Waals surface area contributed by atoms with Crippen LogP contribution >= 0.6 is 0 Å². The van der Waals surface area contributed by atoms with Gasteiger partial charge in [0.2, 0.25) is 5.95 Å². The molecular weight excluding hydrogens is 386 g/mol. The monoisotopic (exact) mass is 417 g/mol. The van der Waals surface area contributed by atoms with E-state index in [4.69, 9.17) is 4.98 Å². The van der Waals surface area contributed by atoms with Gasteiger partial charge in [-0.15, -0.1) is 0 Å². The van der Waals surface area contributed by atoms with Gasteiger partial charge in [0.15, 0.2) is 0 Å². The fraction of sp³-hybridized carbons (Fsp3) is 0.360. The molecule has 2 heterocycles. The molecule has 1 fully saturated rings. The van der Waals surface area contributed by atoms with Gasteiger partial charge in [0.05, 0.1) is 5.69 Å². The Balaban J connectivity index is 1.40. The van der Waals surface area contributed by atoms with Crippen molar-refractivity contribution in [1.82, 2.24) is 20.2 Å². The maximum atomic E-state index is 9.39. The van der Waals surface area contributed by atoms with E-state index in [0.717, 1.165) is 62.4 Å². The average molecular weight is 418 g/mol. The Kier molecular flexibility index (Phi) is 7.12. The first-order chi connectivity index (χ1) is 15.2. The fourth-order valence-electron chi connectivity index (χ4n) is 4.06. The number of anilines is 1. The molecule has 0 spiro atoms. The molecule has 0 saturated carbocycles. The maximum Gasteiger partial charge on any atom is 0.223 e. The van der Waals surface area contributed by atoms with E-state index in [1.165, 1.54) is 5.56 Å². The van der Waals surface area contributed by atoms with Crippen LogP contribution in [-0.4, -0.2) is 52.2 Å². The zero-order valence-electron chi connectivity index (χ0n) is 18.1. The van der Waals surface area contributed by atoms with E-state index in [1.807, 2.05) is 18.2 Å². The molecular formula is C25H31N5O. The predicted molar refractivity (Wildman–Crippen MR) is 125 cm³/mol. The van der Waals surface area contributed by atoms with Crippen molar-refractivity contribution < 1.29 is 5.11 Å². The van der Waals surface area contributed by atoms with Gasteiger partial charge in [-0.25, -0.2) is 9.97 Å². The molecule has 3 aromatic rings. The number of rotatable bonds is 8. The third-order valence-electron chi connectivity index (χ3n) is 5.84. The highest BCUT2D eigenvalue weighted by atomic mass is 16.3. The molecule has 2 aromatic carbocycles. The van der Waals surface area contributed by atoms with Crippen LogP contribution in [0.5, 0.6) is 5.75 Å². The molecule has 4 rings (SSSR count). The number of benzene rings is 2. The largest absolute Gasteiger partial charge is 0.508 e. The second kappa shape index (κ2) is 10.4. The Morgan fingerprint density at radius 1 is 1.13 bits per heavy atom. The summed E-state index contributed by atoms with van der Waals surface area (Å²) in [5.41, 5.74) is 4.52. The summed E-state index contributed by atoms with van der Waals surface area (Å²) >= 11 is 0. The molecule has 6 heteroatoms. The van der Waals surface area contributed by atoms with E-state index in [2.05, 4.69) is 51.7 Å². The van der Waals surface area contributed by atoms with Crippen molar-refractivity contribution in [3.63, 3.8) is 0 Å². The standard InChI is InChI=1S/C25H31N5O/c1-2-22-17-26-14-15-30(22)18-20-4-3-5-21(16-20)24-11-13-28-25(29-24)27-12-10-19-6-8-23(31)9-7-19/h3-9,11,13,16,22,26,31H,2,10,12,14-15,17-18H2,1H3,(H,27,28,29). The van der Waals surface area contributed by atoms with Crippen LogP contribution in [0.3, 0.4) is 0 Å². The first-order valence-corrected chi connectivity index (χ1v) is 11.1. The van der Waals surface area contributed by atoms with Gasteiger partial charge < -0.3 is 15.7 Å². The van der Waals surface area contributed by atoms with E-state index in [9.17, 15) is 5.11 Å². The maximum absolute atomic E-state index is 9.39. The van der Waals surface area contributed by atoms with E-state index >= 15 is 0 Å². The summed E-state index contributed by atoms with van der Waals surface area (Å²) in [5, 5.41) is 16.2. The zero-order valence-corrected chi connectivity index (χ0v) is 18.1. The molecule has 1 saturated heterocycles. The summed E-state index contributed by atoms with van der Waals surface area (Å²) in [6.45, 7) is 7.18. The van der Waals surface area contributed by atoms with E-state index in [1.54, 1.807) is 18.3 Å². The predicted octanol–water partition coefficient (Wildman–Crippen LogP) is 3.69. The topological polar surface area (TPSA) is 73.3 Å². The molecule has 1 aliphatic heterocycles. The Hall–Kier alpha value is -2.96. The number of piperazine rings is 1. The van der Waals surface area contributed by atoms with Gasteiger partial charge in [0, 0.05) is 50.5 Å². The van der Waals surface area contributed by atoms with Gasteiger partial charge in [0.1, 0.15) is 5.75 Å². The Bertz CT molecular complexity index is 976. The molecule has 0 radical (unpaired) electrons. The minimum Gasteiger partial charge on any atom is -0.508 e. The Morgan fingerprint density at radius 3 is 2.84 bits per heavy atom. The first-order valence-electron chi connectivity index (χ1n) is 11.1. The first kappa shape index (κ1) is 21.3. The number of nitrogens with one attached hydrogen (secondary N) is 2. The number of nitrogens with zero attached hydrogens (tertiary/aromatic N) is 3. The molecule has 162 valence electrons. The van der Waals surface area contributed by atoms with Gasteiger partial charge in [-0.05, 0) is 48.2 Å². The second-order valence-electron chi connectivity index (χ2n) is 8.05. The minimum absolute atomic E-state index is 0.289. The number of aromatic hydroxyl groups is 1. The second-order valence-corrected chi connectivity index (χ2v) is 8.05. The number of phenolic OH excluding ortho intramolecular Hbond substituents is 1. The van der Waals surface area contributed by atoms with Crippen LogP contribution < -0.4 is 10.6 Å². The normalized spacial score (nSPS) is 16.9. The highest BCUT2D eigenvalue weighted by Gasteiger charge is 2.20. The summed E-state index contributed by atoms with van der Waals surface area (Å²) in [5.74, 6) is 0.923. The van der Waals surface area contributed by atoms with Gasteiger partial charge in [0.25, 0.3) is 0 Å². The summed E-state index contributed by atoms with van der Waals surface area (Å²) < 4.78 is 0. The number of hydrogen-bond acceptors (Lipinski definition) is 6. The highest BCUT2D eigenvalue weighted by molar-refractivity contribution is 5.61. The number of aromatic nitrogens is 2. The van der Waals surface area contributed by atoms with Crippen LogP contribution in [0.25, 0.3) is 11.3 Å². The third kappa shape index (κ3) is 5.81. The molecule has 31 heavy (non-hydrogen) atoms. The molecule has 1 atom stereocenters. The summed E-state index contributed by atoms with van der Waals surface area (Å²) in [6.07, 6.45) is 3.81. The minimum atomic E-state index is 0.289. The van der Waals surface area contributed by atoms with Gasteiger partial charge >= 0.3 is 0 Å². The lowest BCUT2D eigenvalue weighted by Gasteiger charge is -2.35. The van der Waals surface area contributed by atoms with Gasteiger partial charge in [-0.2, -0.15) is 0 Å². The molecule has 3 N–H and O–H groups in total. The molecule has 1 aromatic heterocycles. The van der Waals surface area contributed by atoms with Crippen LogP contribution in [0, 0.1) is 0 Å². The van der Waals surface area contributed by atoms with Crippen molar-refractivity contribution in [3.05, 3.63) is 71.9 Å². The van der Waals surface area contributed by atoms with E-state index in [0.29, 0.717) is 12.0 Å².